The summed E-state index contributed by atoms with van der Waals surface area (Å²) in [6.45, 7) is 3.67. The summed E-state index contributed by atoms with van der Waals surface area (Å²) in [7, 11) is 0. The normalized spacial score (nSPS) is 11.1. The van der Waals surface area contributed by atoms with Crippen molar-refractivity contribution in [2.45, 2.75) is 26.6 Å². The molecular weight excluding hydrogens is 549 g/mol. The fourth-order valence-corrected chi connectivity index (χ4v) is 4.35. The van der Waals surface area contributed by atoms with E-state index in [1.54, 1.807) is 36.4 Å². The zero-order chi connectivity index (χ0) is 30.4. The number of urea groups is 1. The van der Waals surface area contributed by atoms with Gasteiger partial charge in [0.25, 0.3) is 5.56 Å². The van der Waals surface area contributed by atoms with Crippen LogP contribution in [0.1, 0.15) is 27.8 Å². The Balaban J connectivity index is 1.65. The lowest BCUT2D eigenvalue weighted by atomic mass is 10.0. The number of pyridine rings is 1. The van der Waals surface area contributed by atoms with Gasteiger partial charge >= 0.3 is 12.2 Å². The van der Waals surface area contributed by atoms with Crippen molar-refractivity contribution in [2.75, 3.05) is 18.5 Å². The summed E-state index contributed by atoms with van der Waals surface area (Å²) in [6, 6.07) is 20.0. The first-order chi connectivity index (χ1) is 20.0. The molecule has 8 nitrogen and oxygen atoms in total. The van der Waals surface area contributed by atoms with E-state index >= 15 is 0 Å². The van der Waals surface area contributed by atoms with E-state index in [1.807, 2.05) is 32.0 Å². The Labute approximate surface area is 239 Å². The molecule has 2 amide bonds. The van der Waals surface area contributed by atoms with Crippen LogP contribution in [-0.2, 0) is 12.7 Å². The molecule has 0 radical (unpaired) electrons. The smallest absolute Gasteiger partial charge is 0.417 e. The molecule has 0 saturated carbocycles. The number of aryl methyl sites for hydroxylation is 2. The number of amides is 2. The number of aliphatic hydroxyl groups is 1. The number of nitrogens with one attached hydrogen (secondary N) is 2. The number of ether oxygens (including phenoxy) is 1. The SMILES string of the molecule is Cc1ccc(Cn2c(-c3ccc(Oc4ccc(NC(=O)NCCO)cc4)cc3)cc(C(F)(F)F)c(C#N)c2=O)c(C)c1. The second kappa shape index (κ2) is 12.6. The Hall–Kier alpha value is -5.08. The van der Waals surface area contributed by atoms with Crippen molar-refractivity contribution in [2.24, 2.45) is 0 Å². The Morgan fingerprint density at radius 1 is 1.00 bits per heavy atom. The van der Waals surface area contributed by atoms with Gasteiger partial charge in [0.05, 0.1) is 24.4 Å². The van der Waals surface area contributed by atoms with Crippen LogP contribution in [0.15, 0.2) is 77.6 Å². The zero-order valence-electron chi connectivity index (χ0n) is 22.7. The van der Waals surface area contributed by atoms with E-state index in [-0.39, 0.29) is 25.4 Å². The highest BCUT2D eigenvalue weighted by Gasteiger charge is 2.36. The Bertz CT molecular complexity index is 1690. The fourth-order valence-electron chi connectivity index (χ4n) is 4.35. The topological polar surface area (TPSA) is 116 Å². The molecule has 0 atom stereocenters. The van der Waals surface area contributed by atoms with Crippen LogP contribution >= 0.6 is 0 Å². The predicted molar refractivity (Wildman–Crippen MR) is 151 cm³/mol. The molecule has 0 aliphatic heterocycles. The average Bonchev–Trinajstić information content (AvgIpc) is 2.95. The van der Waals surface area contributed by atoms with Crippen LogP contribution in [0, 0.1) is 25.2 Å². The number of nitrogens with zero attached hydrogens (tertiary/aromatic N) is 2. The van der Waals surface area contributed by atoms with Crippen molar-refractivity contribution in [3.05, 3.63) is 111 Å². The lowest BCUT2D eigenvalue weighted by molar-refractivity contribution is -0.137. The zero-order valence-corrected chi connectivity index (χ0v) is 22.7. The Morgan fingerprint density at radius 2 is 1.64 bits per heavy atom. The number of hydrogen-bond donors (Lipinski definition) is 3. The number of nitriles is 1. The molecule has 11 heteroatoms. The summed E-state index contributed by atoms with van der Waals surface area (Å²) in [6.07, 6.45) is -4.90. The summed E-state index contributed by atoms with van der Waals surface area (Å²) in [5.74, 6) is 0.821. The molecule has 216 valence electrons. The largest absolute Gasteiger partial charge is 0.457 e. The first-order valence-corrected chi connectivity index (χ1v) is 12.9. The van der Waals surface area contributed by atoms with Gasteiger partial charge in [0.15, 0.2) is 0 Å². The fraction of sp³-hybridized carbons (Fsp3) is 0.194. The lowest BCUT2D eigenvalue weighted by Gasteiger charge is -2.19. The van der Waals surface area contributed by atoms with Gasteiger partial charge in [0, 0.05) is 12.2 Å². The van der Waals surface area contributed by atoms with Gasteiger partial charge in [-0.05, 0) is 85.1 Å². The van der Waals surface area contributed by atoms with E-state index in [4.69, 9.17) is 9.84 Å². The third-order valence-corrected chi connectivity index (χ3v) is 6.44. The molecule has 4 rings (SSSR count). The summed E-state index contributed by atoms with van der Waals surface area (Å²) >= 11 is 0. The molecule has 0 aliphatic rings. The highest BCUT2D eigenvalue weighted by molar-refractivity contribution is 5.89. The minimum absolute atomic E-state index is 0.00718. The minimum Gasteiger partial charge on any atom is -0.457 e. The van der Waals surface area contributed by atoms with Crippen LogP contribution < -0.4 is 20.9 Å². The number of rotatable bonds is 8. The number of aromatic nitrogens is 1. The van der Waals surface area contributed by atoms with E-state index in [2.05, 4.69) is 10.6 Å². The van der Waals surface area contributed by atoms with Crippen molar-refractivity contribution in [1.29, 1.82) is 5.26 Å². The molecule has 1 heterocycles. The second-order valence-electron chi connectivity index (χ2n) is 9.50. The molecular formula is C31H27F3N4O4. The van der Waals surface area contributed by atoms with Gasteiger partial charge in [-0.3, -0.25) is 4.79 Å². The molecule has 1 aromatic heterocycles. The molecule has 0 unspecified atom stereocenters. The lowest BCUT2D eigenvalue weighted by Crippen LogP contribution is -2.30. The maximum Gasteiger partial charge on any atom is 0.417 e. The Morgan fingerprint density at radius 3 is 2.21 bits per heavy atom. The quantitative estimate of drug-likeness (QED) is 0.239. The number of aliphatic hydroxyl groups excluding tert-OH is 1. The average molecular weight is 577 g/mol. The van der Waals surface area contributed by atoms with Gasteiger partial charge in [0.1, 0.15) is 23.1 Å². The summed E-state index contributed by atoms with van der Waals surface area (Å²) < 4.78 is 48.7. The standard InChI is InChI=1S/C31H27F3N4O4/c1-19-3-4-22(20(2)15-19)18-38-28(16-27(31(32,33)34)26(17-35)29(38)40)21-5-9-24(10-6-21)42-25-11-7-23(8-12-25)37-30(41)36-13-14-39/h3-12,15-16,39H,13-14,18H2,1-2H3,(H2,36,37,41). The van der Waals surface area contributed by atoms with E-state index in [0.29, 0.717) is 22.7 Å². The van der Waals surface area contributed by atoms with Crippen LogP contribution in [0.3, 0.4) is 0 Å². The molecule has 4 aromatic rings. The number of benzene rings is 3. The van der Waals surface area contributed by atoms with Crippen molar-refractivity contribution in [3.63, 3.8) is 0 Å². The van der Waals surface area contributed by atoms with Gasteiger partial charge in [-0.25, -0.2) is 4.79 Å². The number of anilines is 1. The number of carbonyl (C=O) groups is 1. The number of carbonyl (C=O) groups excluding carboxylic acids is 1. The maximum absolute atomic E-state index is 13.9. The molecule has 0 aliphatic carbocycles. The number of halogens is 3. The summed E-state index contributed by atoms with van der Waals surface area (Å²) in [5, 5.41) is 23.3. The van der Waals surface area contributed by atoms with Crippen LogP contribution in [-0.4, -0.2) is 28.9 Å². The molecule has 42 heavy (non-hydrogen) atoms. The van der Waals surface area contributed by atoms with Gasteiger partial charge in [0.2, 0.25) is 0 Å². The summed E-state index contributed by atoms with van der Waals surface area (Å²) in [4.78, 5) is 25.0. The Kier molecular flexibility index (Phi) is 8.98. The minimum atomic E-state index is -4.90. The first-order valence-electron chi connectivity index (χ1n) is 12.9. The third kappa shape index (κ3) is 6.97. The third-order valence-electron chi connectivity index (χ3n) is 6.44. The van der Waals surface area contributed by atoms with Gasteiger partial charge < -0.3 is 25.0 Å². The maximum atomic E-state index is 13.9. The molecule has 3 N–H and O–H groups in total. The highest BCUT2D eigenvalue weighted by atomic mass is 19.4. The van der Waals surface area contributed by atoms with Crippen molar-refractivity contribution in [1.82, 2.24) is 9.88 Å². The summed E-state index contributed by atoms with van der Waals surface area (Å²) in [5.41, 5.74) is 0.149. The molecule has 0 bridgehead atoms. The second-order valence-corrected chi connectivity index (χ2v) is 9.50. The van der Waals surface area contributed by atoms with E-state index in [9.17, 15) is 28.0 Å². The van der Waals surface area contributed by atoms with E-state index < -0.39 is 28.9 Å². The monoisotopic (exact) mass is 576 g/mol. The van der Waals surface area contributed by atoms with Crippen molar-refractivity contribution >= 4 is 11.7 Å². The highest BCUT2D eigenvalue weighted by Crippen LogP contribution is 2.34. The number of alkyl halides is 3. The van der Waals surface area contributed by atoms with Crippen LogP contribution in [0.25, 0.3) is 11.3 Å². The first kappa shape index (κ1) is 29.9. The van der Waals surface area contributed by atoms with Crippen LogP contribution in [0.2, 0.25) is 0 Å². The van der Waals surface area contributed by atoms with E-state index in [0.717, 1.165) is 22.8 Å². The molecule has 0 spiro atoms. The van der Waals surface area contributed by atoms with Crippen molar-refractivity contribution in [3.8, 4) is 28.8 Å². The molecule has 0 fully saturated rings. The van der Waals surface area contributed by atoms with Gasteiger partial charge in [-0.1, -0.05) is 23.8 Å². The van der Waals surface area contributed by atoms with Crippen LogP contribution in [0.4, 0.5) is 23.7 Å². The van der Waals surface area contributed by atoms with Crippen molar-refractivity contribution < 1.29 is 27.8 Å². The predicted octanol–water partition coefficient (Wildman–Crippen LogP) is 5.98. The van der Waals surface area contributed by atoms with Gasteiger partial charge in [-0.15, -0.1) is 0 Å². The van der Waals surface area contributed by atoms with Crippen LogP contribution in [0.5, 0.6) is 11.5 Å². The molecule has 3 aromatic carbocycles. The number of hydrogen-bond acceptors (Lipinski definition) is 5. The molecule has 0 saturated heterocycles. The van der Waals surface area contributed by atoms with Gasteiger partial charge in [-0.2, -0.15) is 18.4 Å². The van der Waals surface area contributed by atoms with E-state index in [1.165, 1.54) is 22.8 Å².